The van der Waals surface area contributed by atoms with Gasteiger partial charge in [-0.2, -0.15) is 0 Å². The molecule has 126 valence electrons. The van der Waals surface area contributed by atoms with Gasteiger partial charge in [-0.3, -0.25) is 14.6 Å². The van der Waals surface area contributed by atoms with E-state index in [2.05, 4.69) is 20.6 Å². The minimum Gasteiger partial charge on any atom is -0.352 e. The number of hydrogen-bond donors (Lipinski definition) is 2. The summed E-state index contributed by atoms with van der Waals surface area (Å²) in [4.78, 5) is 32.5. The van der Waals surface area contributed by atoms with E-state index >= 15 is 0 Å². The number of carbonyl (C=O) groups excluding carboxylic acids is 2. The van der Waals surface area contributed by atoms with Crippen molar-refractivity contribution < 1.29 is 14.0 Å². The minimum atomic E-state index is -0.609. The first-order valence-electron chi connectivity index (χ1n) is 7.68. The summed E-state index contributed by atoms with van der Waals surface area (Å²) in [5.41, 5.74) is 1.04. The molecule has 0 aliphatic rings. The van der Waals surface area contributed by atoms with Crippen LogP contribution in [0.3, 0.4) is 0 Å². The maximum atomic E-state index is 13.2. The van der Waals surface area contributed by atoms with Gasteiger partial charge < -0.3 is 10.6 Å². The number of anilines is 1. The van der Waals surface area contributed by atoms with Crippen molar-refractivity contribution in [1.82, 2.24) is 15.3 Å². The lowest BCUT2D eigenvalue weighted by Gasteiger charge is -2.10. The number of fused-ring (bicyclic) bond motifs is 1. The Morgan fingerprint density at radius 3 is 2.68 bits per heavy atom. The molecule has 0 bridgehead atoms. The molecule has 2 amide bonds. The highest BCUT2D eigenvalue weighted by atomic mass is 19.1. The van der Waals surface area contributed by atoms with Crippen LogP contribution in [-0.2, 0) is 0 Å². The fourth-order valence-electron chi connectivity index (χ4n) is 2.41. The molecular weight excluding hydrogens is 323 g/mol. The number of aromatic nitrogens is 2. The molecule has 25 heavy (non-hydrogen) atoms. The van der Waals surface area contributed by atoms with Crippen molar-refractivity contribution >= 4 is 28.5 Å². The van der Waals surface area contributed by atoms with Crippen molar-refractivity contribution in [3.8, 4) is 0 Å². The van der Waals surface area contributed by atoms with E-state index in [1.165, 1.54) is 12.3 Å². The molecule has 2 aromatic heterocycles. The number of hydrogen-bond acceptors (Lipinski definition) is 4. The molecule has 0 radical (unpaired) electrons. The predicted molar refractivity (Wildman–Crippen MR) is 91.9 cm³/mol. The van der Waals surface area contributed by atoms with Gasteiger partial charge in [0.05, 0.1) is 22.8 Å². The third kappa shape index (κ3) is 3.60. The van der Waals surface area contributed by atoms with Crippen molar-refractivity contribution in [1.29, 1.82) is 0 Å². The van der Waals surface area contributed by atoms with Crippen molar-refractivity contribution in [3.05, 3.63) is 65.7 Å². The topological polar surface area (TPSA) is 84.0 Å². The van der Waals surface area contributed by atoms with E-state index in [0.717, 1.165) is 12.3 Å². The second-order valence-corrected chi connectivity index (χ2v) is 5.28. The second kappa shape index (κ2) is 7.04. The number of nitrogens with one attached hydrogen (secondary N) is 2. The molecule has 6 nitrogen and oxygen atoms in total. The predicted octanol–water partition coefficient (Wildman–Crippen LogP) is 2.77. The van der Waals surface area contributed by atoms with E-state index in [1.807, 2.05) is 13.0 Å². The number of pyridine rings is 2. The van der Waals surface area contributed by atoms with Crippen LogP contribution >= 0.6 is 0 Å². The van der Waals surface area contributed by atoms with Gasteiger partial charge in [-0.05, 0) is 25.1 Å². The molecule has 3 aromatic rings. The van der Waals surface area contributed by atoms with Gasteiger partial charge in [0.15, 0.2) is 0 Å². The zero-order chi connectivity index (χ0) is 17.8. The van der Waals surface area contributed by atoms with E-state index in [-0.39, 0.29) is 17.3 Å². The zero-order valence-electron chi connectivity index (χ0n) is 13.4. The highest BCUT2D eigenvalue weighted by molar-refractivity contribution is 6.09. The molecule has 3 rings (SSSR count). The van der Waals surface area contributed by atoms with Crippen LogP contribution < -0.4 is 10.6 Å². The number of nitrogens with zero attached hydrogens (tertiary/aromatic N) is 2. The monoisotopic (exact) mass is 338 g/mol. The number of rotatable bonds is 4. The molecule has 7 heteroatoms. The third-order valence-electron chi connectivity index (χ3n) is 3.51. The maximum Gasteiger partial charge on any atom is 0.258 e. The molecule has 1 aromatic carbocycles. The standard InChI is InChI=1S/C18H15FN4O2/c1-2-21-18(25)14-8-16(22-15-6-4-3-5-13(14)15)23-17(24)11-7-12(19)10-20-9-11/h3-10H,2H2,1H3,(H,21,25)(H,22,23,24). The van der Waals surface area contributed by atoms with E-state index in [9.17, 15) is 14.0 Å². The molecule has 0 saturated heterocycles. The third-order valence-corrected chi connectivity index (χ3v) is 3.51. The van der Waals surface area contributed by atoms with Gasteiger partial charge in [-0.25, -0.2) is 9.37 Å². The van der Waals surface area contributed by atoms with Gasteiger partial charge in [0.2, 0.25) is 0 Å². The SMILES string of the molecule is CCNC(=O)c1cc(NC(=O)c2cncc(F)c2)nc2ccccc12. The zero-order valence-corrected chi connectivity index (χ0v) is 13.4. The van der Waals surface area contributed by atoms with Crippen LogP contribution in [0.5, 0.6) is 0 Å². The molecule has 2 N–H and O–H groups in total. The molecule has 0 spiro atoms. The summed E-state index contributed by atoms with van der Waals surface area (Å²) in [7, 11) is 0. The lowest BCUT2D eigenvalue weighted by molar-refractivity contribution is 0.0956. The Morgan fingerprint density at radius 2 is 1.92 bits per heavy atom. The molecule has 0 aliphatic carbocycles. The average molecular weight is 338 g/mol. The fraction of sp³-hybridized carbons (Fsp3) is 0.111. The van der Waals surface area contributed by atoms with Gasteiger partial charge in [-0.15, -0.1) is 0 Å². The highest BCUT2D eigenvalue weighted by Crippen LogP contribution is 2.21. The van der Waals surface area contributed by atoms with Crippen LogP contribution in [0.2, 0.25) is 0 Å². The molecule has 0 aliphatic heterocycles. The summed E-state index contributed by atoms with van der Waals surface area (Å²) < 4.78 is 13.2. The molecule has 0 unspecified atom stereocenters. The van der Waals surface area contributed by atoms with Crippen molar-refractivity contribution in [3.63, 3.8) is 0 Å². The molecule has 0 atom stereocenters. The number of halogens is 1. The quantitative estimate of drug-likeness (QED) is 0.766. The van der Waals surface area contributed by atoms with E-state index in [0.29, 0.717) is 23.0 Å². The highest BCUT2D eigenvalue weighted by Gasteiger charge is 2.14. The van der Waals surface area contributed by atoms with Crippen LogP contribution in [0, 0.1) is 5.82 Å². The molecular formula is C18H15FN4O2. The van der Waals surface area contributed by atoms with Crippen LogP contribution in [0.25, 0.3) is 10.9 Å². The van der Waals surface area contributed by atoms with Crippen molar-refractivity contribution in [2.45, 2.75) is 6.92 Å². The average Bonchev–Trinajstić information content (AvgIpc) is 2.61. The normalized spacial score (nSPS) is 10.5. The van der Waals surface area contributed by atoms with Crippen LogP contribution in [0.15, 0.2) is 48.8 Å². The summed E-state index contributed by atoms with van der Waals surface area (Å²) in [6.07, 6.45) is 2.27. The minimum absolute atomic E-state index is 0.0644. The number of carbonyl (C=O) groups is 2. The first-order valence-corrected chi connectivity index (χ1v) is 7.68. The Labute approximate surface area is 143 Å². The van der Waals surface area contributed by atoms with E-state index < -0.39 is 11.7 Å². The van der Waals surface area contributed by atoms with Gasteiger partial charge in [-0.1, -0.05) is 18.2 Å². The largest absolute Gasteiger partial charge is 0.352 e. The first-order chi connectivity index (χ1) is 12.1. The van der Waals surface area contributed by atoms with E-state index in [4.69, 9.17) is 0 Å². The Morgan fingerprint density at radius 1 is 1.12 bits per heavy atom. The summed E-state index contributed by atoms with van der Waals surface area (Å²) in [6.45, 7) is 2.30. The first kappa shape index (κ1) is 16.5. The molecule has 2 heterocycles. The lowest BCUT2D eigenvalue weighted by atomic mass is 10.1. The smallest absolute Gasteiger partial charge is 0.258 e. The van der Waals surface area contributed by atoms with Crippen LogP contribution in [-0.4, -0.2) is 28.3 Å². The Kier molecular flexibility index (Phi) is 4.65. The summed E-state index contributed by atoms with van der Waals surface area (Å²) in [5, 5.41) is 5.99. The summed E-state index contributed by atoms with van der Waals surface area (Å²) in [6, 6.07) is 9.71. The lowest BCUT2D eigenvalue weighted by Crippen LogP contribution is -2.23. The Bertz CT molecular complexity index is 959. The van der Waals surface area contributed by atoms with E-state index in [1.54, 1.807) is 18.2 Å². The number of amides is 2. The number of benzene rings is 1. The molecule has 0 saturated carbocycles. The molecule has 0 fully saturated rings. The summed E-state index contributed by atoms with van der Waals surface area (Å²) in [5.74, 6) is -1.23. The Hall–Kier alpha value is -3.35. The van der Waals surface area contributed by atoms with Crippen molar-refractivity contribution in [2.75, 3.05) is 11.9 Å². The van der Waals surface area contributed by atoms with Crippen LogP contribution in [0.4, 0.5) is 10.2 Å². The maximum absolute atomic E-state index is 13.2. The van der Waals surface area contributed by atoms with Crippen LogP contribution in [0.1, 0.15) is 27.6 Å². The van der Waals surface area contributed by atoms with Gasteiger partial charge in [0.1, 0.15) is 11.6 Å². The number of para-hydroxylation sites is 1. The second-order valence-electron chi connectivity index (χ2n) is 5.28. The van der Waals surface area contributed by atoms with Gasteiger partial charge >= 0.3 is 0 Å². The van der Waals surface area contributed by atoms with Crippen molar-refractivity contribution in [2.24, 2.45) is 0 Å². The Balaban J connectivity index is 1.99. The van der Waals surface area contributed by atoms with Gasteiger partial charge in [0, 0.05) is 18.1 Å². The fourth-order valence-corrected chi connectivity index (χ4v) is 2.41. The van der Waals surface area contributed by atoms with Gasteiger partial charge in [0.25, 0.3) is 11.8 Å². The summed E-state index contributed by atoms with van der Waals surface area (Å²) >= 11 is 0.